The molecule has 0 aromatic carbocycles. The lowest BCUT2D eigenvalue weighted by molar-refractivity contribution is 0.980. The van der Waals surface area contributed by atoms with Crippen LogP contribution in [-0.2, 0) is 0 Å². The predicted molar refractivity (Wildman–Crippen MR) is 37.4 cm³/mol. The van der Waals surface area contributed by atoms with Crippen molar-refractivity contribution in [3.05, 3.63) is 12.4 Å². The minimum absolute atomic E-state index is 1.01. The Morgan fingerprint density at radius 2 is 2.67 bits per heavy atom. The molecule has 0 fully saturated rings. The van der Waals surface area contributed by atoms with Gasteiger partial charge in [-0.15, -0.1) is 0 Å². The number of H-pyrrole nitrogens is 1. The molecule has 1 heterocycles. The molecule has 0 aliphatic rings. The van der Waals surface area contributed by atoms with Crippen LogP contribution in [0.3, 0.4) is 0 Å². The second-order valence-corrected chi connectivity index (χ2v) is 1.91. The Bertz CT molecular complexity index is 145. The first-order valence-corrected chi connectivity index (χ1v) is 3.16. The topological polar surface area (TPSA) is 40.7 Å². The Balaban J connectivity index is 2.30. The summed E-state index contributed by atoms with van der Waals surface area (Å²) < 4.78 is 0. The fraction of sp³-hybridized carbons (Fsp3) is 0.500. The van der Waals surface area contributed by atoms with Crippen LogP contribution in [0.15, 0.2) is 12.4 Å². The molecule has 3 heteroatoms. The second kappa shape index (κ2) is 3.12. The Morgan fingerprint density at radius 1 is 1.78 bits per heavy atom. The van der Waals surface area contributed by atoms with Crippen molar-refractivity contribution in [2.75, 3.05) is 11.9 Å². The van der Waals surface area contributed by atoms with E-state index < -0.39 is 0 Å². The summed E-state index contributed by atoms with van der Waals surface area (Å²) >= 11 is 0. The molecular formula is C6H11N3. The maximum absolute atomic E-state index is 3.79. The minimum atomic E-state index is 1.01. The van der Waals surface area contributed by atoms with Crippen LogP contribution in [0.1, 0.15) is 13.3 Å². The zero-order valence-electron chi connectivity index (χ0n) is 5.52. The number of hydrogen-bond donors (Lipinski definition) is 2. The molecule has 0 spiro atoms. The van der Waals surface area contributed by atoms with Crippen LogP contribution < -0.4 is 5.32 Å². The van der Waals surface area contributed by atoms with Gasteiger partial charge in [0.1, 0.15) is 0 Å². The fourth-order valence-electron chi connectivity index (χ4n) is 0.617. The van der Waals surface area contributed by atoms with E-state index in [2.05, 4.69) is 22.4 Å². The molecule has 0 saturated carbocycles. The molecule has 0 radical (unpaired) electrons. The third-order valence-electron chi connectivity index (χ3n) is 1.08. The van der Waals surface area contributed by atoms with Gasteiger partial charge in [0.25, 0.3) is 0 Å². The zero-order chi connectivity index (χ0) is 6.53. The van der Waals surface area contributed by atoms with Crippen LogP contribution in [0, 0.1) is 0 Å². The van der Waals surface area contributed by atoms with E-state index >= 15 is 0 Å². The highest BCUT2D eigenvalue weighted by Gasteiger charge is 1.86. The van der Waals surface area contributed by atoms with Crippen LogP contribution in [-0.4, -0.2) is 16.7 Å². The smallest absolute Gasteiger partial charge is 0.0723 e. The number of nitrogens with zero attached hydrogens (tertiary/aromatic N) is 1. The van der Waals surface area contributed by atoms with Gasteiger partial charge in [0.2, 0.25) is 0 Å². The molecule has 0 bridgehead atoms. The molecule has 1 rings (SSSR count). The first-order chi connectivity index (χ1) is 4.43. The Hall–Kier alpha value is -0.990. The Kier molecular flexibility index (Phi) is 2.13. The fourth-order valence-corrected chi connectivity index (χ4v) is 0.617. The number of nitrogens with one attached hydrogen (secondary N) is 2. The van der Waals surface area contributed by atoms with Crippen LogP contribution in [0.2, 0.25) is 0 Å². The third-order valence-corrected chi connectivity index (χ3v) is 1.08. The van der Waals surface area contributed by atoms with Crippen LogP contribution >= 0.6 is 0 Å². The maximum Gasteiger partial charge on any atom is 0.0723 e. The van der Waals surface area contributed by atoms with Crippen molar-refractivity contribution < 1.29 is 0 Å². The number of aromatic nitrogens is 2. The second-order valence-electron chi connectivity index (χ2n) is 1.91. The lowest BCUT2D eigenvalue weighted by atomic mass is 10.4. The summed E-state index contributed by atoms with van der Waals surface area (Å²) in [6.45, 7) is 3.15. The monoisotopic (exact) mass is 125 g/mol. The largest absolute Gasteiger partial charge is 0.383 e. The molecule has 0 saturated heterocycles. The molecule has 0 amide bonds. The van der Waals surface area contributed by atoms with Gasteiger partial charge in [-0.3, -0.25) is 5.10 Å². The molecule has 9 heavy (non-hydrogen) atoms. The van der Waals surface area contributed by atoms with E-state index in [4.69, 9.17) is 0 Å². The van der Waals surface area contributed by atoms with Gasteiger partial charge in [0, 0.05) is 12.7 Å². The number of hydrogen-bond acceptors (Lipinski definition) is 2. The summed E-state index contributed by atoms with van der Waals surface area (Å²) in [7, 11) is 0. The predicted octanol–water partition coefficient (Wildman–Crippen LogP) is 1.23. The average molecular weight is 125 g/mol. The van der Waals surface area contributed by atoms with Crippen LogP contribution in [0.5, 0.6) is 0 Å². The normalized spacial score (nSPS) is 9.44. The number of rotatable bonds is 3. The van der Waals surface area contributed by atoms with Crippen molar-refractivity contribution in [3.8, 4) is 0 Å². The van der Waals surface area contributed by atoms with Gasteiger partial charge in [-0.25, -0.2) is 0 Å². The van der Waals surface area contributed by atoms with Crippen molar-refractivity contribution in [2.24, 2.45) is 0 Å². The van der Waals surface area contributed by atoms with Gasteiger partial charge in [-0.05, 0) is 6.42 Å². The molecule has 3 nitrogen and oxygen atoms in total. The number of anilines is 1. The van der Waals surface area contributed by atoms with Crippen molar-refractivity contribution in [3.63, 3.8) is 0 Å². The minimum Gasteiger partial charge on any atom is -0.383 e. The van der Waals surface area contributed by atoms with Gasteiger partial charge in [0.05, 0.1) is 11.9 Å². The summed E-state index contributed by atoms with van der Waals surface area (Å²) in [4.78, 5) is 0. The highest BCUT2D eigenvalue weighted by molar-refractivity contribution is 5.36. The highest BCUT2D eigenvalue weighted by atomic mass is 15.1. The maximum atomic E-state index is 3.79. The molecular weight excluding hydrogens is 114 g/mol. The zero-order valence-corrected chi connectivity index (χ0v) is 5.52. The first-order valence-electron chi connectivity index (χ1n) is 3.16. The van der Waals surface area contributed by atoms with Gasteiger partial charge >= 0.3 is 0 Å². The van der Waals surface area contributed by atoms with Crippen molar-refractivity contribution >= 4 is 5.69 Å². The molecule has 0 atom stereocenters. The lowest BCUT2D eigenvalue weighted by Crippen LogP contribution is -1.97. The summed E-state index contributed by atoms with van der Waals surface area (Å²) in [5, 5.41) is 9.69. The quantitative estimate of drug-likeness (QED) is 0.638. The van der Waals surface area contributed by atoms with E-state index in [1.165, 1.54) is 0 Å². The molecule has 0 aliphatic carbocycles. The Morgan fingerprint density at radius 3 is 3.22 bits per heavy atom. The Labute approximate surface area is 54.5 Å². The summed E-state index contributed by atoms with van der Waals surface area (Å²) in [6, 6.07) is 0. The van der Waals surface area contributed by atoms with Crippen molar-refractivity contribution in [2.45, 2.75) is 13.3 Å². The summed E-state index contributed by atoms with van der Waals surface area (Å²) in [5.41, 5.74) is 1.07. The van der Waals surface area contributed by atoms with E-state index in [1.54, 1.807) is 6.20 Å². The van der Waals surface area contributed by atoms with E-state index in [0.717, 1.165) is 18.7 Å². The summed E-state index contributed by atoms with van der Waals surface area (Å²) in [6.07, 6.45) is 4.76. The van der Waals surface area contributed by atoms with Gasteiger partial charge in [0.15, 0.2) is 0 Å². The van der Waals surface area contributed by atoms with Crippen LogP contribution in [0.4, 0.5) is 5.69 Å². The molecule has 1 aromatic rings. The average Bonchev–Trinajstić information content (AvgIpc) is 2.34. The van der Waals surface area contributed by atoms with E-state index in [1.807, 2.05) is 6.20 Å². The molecule has 0 aliphatic heterocycles. The van der Waals surface area contributed by atoms with Gasteiger partial charge < -0.3 is 5.32 Å². The van der Waals surface area contributed by atoms with E-state index in [9.17, 15) is 0 Å². The SMILES string of the molecule is CCCNc1cn[nH]c1. The van der Waals surface area contributed by atoms with Crippen molar-refractivity contribution in [1.29, 1.82) is 0 Å². The standard InChI is InChI=1S/C6H11N3/c1-2-3-7-6-4-8-9-5-6/h4-5,7H,2-3H2,1H3,(H,8,9). The first kappa shape index (κ1) is 6.13. The molecule has 0 unspecified atom stereocenters. The van der Waals surface area contributed by atoms with E-state index in [0.29, 0.717) is 0 Å². The van der Waals surface area contributed by atoms with Gasteiger partial charge in [-0.2, -0.15) is 5.10 Å². The van der Waals surface area contributed by atoms with Crippen LogP contribution in [0.25, 0.3) is 0 Å². The third kappa shape index (κ3) is 1.76. The molecule has 1 aromatic heterocycles. The van der Waals surface area contributed by atoms with E-state index in [-0.39, 0.29) is 0 Å². The van der Waals surface area contributed by atoms with Gasteiger partial charge in [-0.1, -0.05) is 6.92 Å². The number of aromatic amines is 1. The van der Waals surface area contributed by atoms with Crippen molar-refractivity contribution in [1.82, 2.24) is 10.2 Å². The molecule has 50 valence electrons. The lowest BCUT2D eigenvalue weighted by Gasteiger charge is -1.96. The summed E-state index contributed by atoms with van der Waals surface area (Å²) in [5.74, 6) is 0. The molecule has 2 N–H and O–H groups in total. The highest BCUT2D eigenvalue weighted by Crippen LogP contribution is 1.99.